The fraction of sp³-hybridized carbons (Fsp3) is 1.00. The van der Waals surface area contributed by atoms with Crippen molar-refractivity contribution in [2.45, 2.75) is 39.3 Å². The van der Waals surface area contributed by atoms with Gasteiger partial charge >= 0.3 is 0 Å². The number of hydrogen-bond acceptors (Lipinski definition) is 2. The molecule has 0 amide bonds. The summed E-state index contributed by atoms with van der Waals surface area (Å²) in [5, 5.41) is 11.7. The Morgan fingerprint density at radius 2 is 2.00 bits per heavy atom. The van der Waals surface area contributed by atoms with E-state index in [1.165, 1.54) is 19.3 Å². The van der Waals surface area contributed by atoms with Crippen molar-refractivity contribution in [1.82, 2.24) is 5.32 Å². The van der Waals surface area contributed by atoms with Crippen molar-refractivity contribution in [2.75, 3.05) is 6.54 Å². The van der Waals surface area contributed by atoms with Crippen LogP contribution in [0.5, 0.6) is 0 Å². The lowest BCUT2D eigenvalue weighted by atomic mass is 10.2. The normalized spacial score (nSPS) is 12.3. The van der Waals surface area contributed by atoms with Gasteiger partial charge in [-0.3, -0.25) is 5.32 Å². The fourth-order valence-electron chi connectivity index (χ4n) is 0.686. The van der Waals surface area contributed by atoms with Crippen molar-refractivity contribution in [1.29, 1.82) is 0 Å². The molecule has 2 N–H and O–H groups in total. The molecule has 1 atom stereocenters. The zero-order chi connectivity index (χ0) is 7.11. The van der Waals surface area contributed by atoms with Gasteiger partial charge in [-0.15, -0.1) is 17.0 Å². The number of unbranched alkanes of at least 4 members (excludes halogenated alkanes) is 2. The highest BCUT2D eigenvalue weighted by Gasteiger charge is 1.90. The van der Waals surface area contributed by atoms with Gasteiger partial charge in [0.15, 0.2) is 0 Å². The Bertz CT molecular complexity index is 59.6. The number of nitrogens with one attached hydrogen (secondary N) is 1. The van der Waals surface area contributed by atoms with E-state index in [1.807, 2.05) is 0 Å². The zero-order valence-corrected chi connectivity index (χ0v) is 8.47. The van der Waals surface area contributed by atoms with Crippen LogP contribution in [-0.4, -0.2) is 17.9 Å². The zero-order valence-electron chi connectivity index (χ0n) is 6.76. The van der Waals surface area contributed by atoms with E-state index < -0.39 is 0 Å². The number of aliphatic hydroxyl groups is 1. The first-order chi connectivity index (χ1) is 4.27. The van der Waals surface area contributed by atoms with E-state index in [0.717, 1.165) is 6.54 Å². The summed E-state index contributed by atoms with van der Waals surface area (Å²) >= 11 is 0. The molecule has 0 aromatic carbocycles. The molecule has 0 aliphatic carbocycles. The summed E-state index contributed by atoms with van der Waals surface area (Å²) in [6, 6.07) is 0. The minimum Gasteiger partial charge on any atom is -0.379 e. The fourth-order valence-corrected chi connectivity index (χ4v) is 0.686. The summed E-state index contributed by atoms with van der Waals surface area (Å²) in [7, 11) is 0. The number of hydrogen-bond donors (Lipinski definition) is 2. The van der Waals surface area contributed by atoms with Gasteiger partial charge in [0, 0.05) is 0 Å². The second-order valence-electron chi connectivity index (χ2n) is 2.34. The van der Waals surface area contributed by atoms with Gasteiger partial charge < -0.3 is 5.11 Å². The lowest BCUT2D eigenvalue weighted by Gasteiger charge is -2.05. The van der Waals surface area contributed by atoms with E-state index in [0.29, 0.717) is 0 Å². The Balaban J connectivity index is 0. The van der Waals surface area contributed by atoms with Gasteiger partial charge in [0.05, 0.1) is 0 Å². The summed E-state index contributed by atoms with van der Waals surface area (Å²) in [6.07, 6.45) is 3.31. The molecular weight excluding hydrogens is 194 g/mol. The highest BCUT2D eigenvalue weighted by atomic mass is 79.9. The molecule has 0 rings (SSSR count). The minimum atomic E-state index is -0.346. The molecule has 0 aliphatic rings. The van der Waals surface area contributed by atoms with Crippen LogP contribution in [0.15, 0.2) is 0 Å². The maximum atomic E-state index is 8.74. The predicted octanol–water partition coefficient (Wildman–Crippen LogP) is 1.68. The average molecular weight is 212 g/mol. The molecule has 0 heterocycles. The van der Waals surface area contributed by atoms with Crippen molar-refractivity contribution < 1.29 is 5.11 Å². The number of aliphatic hydroxyl groups excluding tert-OH is 1. The van der Waals surface area contributed by atoms with Crippen molar-refractivity contribution in [3.05, 3.63) is 0 Å². The van der Waals surface area contributed by atoms with Crippen LogP contribution in [0.4, 0.5) is 0 Å². The maximum Gasteiger partial charge on any atom is 0.102 e. The van der Waals surface area contributed by atoms with Gasteiger partial charge in [0.2, 0.25) is 0 Å². The highest BCUT2D eigenvalue weighted by molar-refractivity contribution is 8.93. The SMILES string of the molecule is Br.CCCCCNC(C)O. The third kappa shape index (κ3) is 11.2. The molecule has 0 aromatic rings. The monoisotopic (exact) mass is 211 g/mol. The molecule has 0 saturated heterocycles. The van der Waals surface area contributed by atoms with E-state index in [2.05, 4.69) is 12.2 Å². The Labute approximate surface area is 73.8 Å². The topological polar surface area (TPSA) is 32.3 Å². The first-order valence-corrected chi connectivity index (χ1v) is 3.68. The highest BCUT2D eigenvalue weighted by Crippen LogP contribution is 1.90. The van der Waals surface area contributed by atoms with E-state index in [9.17, 15) is 0 Å². The van der Waals surface area contributed by atoms with Crippen LogP contribution in [0.1, 0.15) is 33.1 Å². The summed E-state index contributed by atoms with van der Waals surface area (Å²) in [4.78, 5) is 0. The second-order valence-corrected chi connectivity index (χ2v) is 2.34. The van der Waals surface area contributed by atoms with Crippen molar-refractivity contribution >= 4 is 17.0 Å². The first-order valence-electron chi connectivity index (χ1n) is 3.68. The maximum absolute atomic E-state index is 8.74. The smallest absolute Gasteiger partial charge is 0.102 e. The summed E-state index contributed by atoms with van der Waals surface area (Å²) in [5.41, 5.74) is 0. The minimum absolute atomic E-state index is 0. The molecule has 0 bridgehead atoms. The third-order valence-corrected chi connectivity index (χ3v) is 1.22. The molecule has 0 radical (unpaired) electrons. The van der Waals surface area contributed by atoms with Crippen molar-refractivity contribution in [3.8, 4) is 0 Å². The predicted molar refractivity (Wildman–Crippen MR) is 49.5 cm³/mol. The average Bonchev–Trinajstić information content (AvgIpc) is 1.80. The molecule has 64 valence electrons. The second kappa shape index (κ2) is 9.40. The molecule has 2 nitrogen and oxygen atoms in total. The Kier molecular flexibility index (Phi) is 12.2. The molecule has 0 fully saturated rings. The Morgan fingerprint density at radius 3 is 2.40 bits per heavy atom. The standard InChI is InChI=1S/C7H17NO.BrH/c1-3-4-5-6-8-7(2)9;/h7-9H,3-6H2,1-2H3;1H. The van der Waals surface area contributed by atoms with E-state index in [4.69, 9.17) is 5.11 Å². The van der Waals surface area contributed by atoms with Crippen LogP contribution in [0.2, 0.25) is 0 Å². The lowest BCUT2D eigenvalue weighted by molar-refractivity contribution is 0.156. The van der Waals surface area contributed by atoms with Crippen molar-refractivity contribution in [2.24, 2.45) is 0 Å². The van der Waals surface area contributed by atoms with Gasteiger partial charge in [0.25, 0.3) is 0 Å². The largest absolute Gasteiger partial charge is 0.379 e. The molecule has 10 heavy (non-hydrogen) atoms. The number of rotatable bonds is 5. The van der Waals surface area contributed by atoms with E-state index >= 15 is 0 Å². The van der Waals surface area contributed by atoms with Gasteiger partial charge in [-0.25, -0.2) is 0 Å². The Hall–Kier alpha value is 0.400. The molecule has 0 aliphatic heterocycles. The van der Waals surface area contributed by atoms with Gasteiger partial charge in [-0.1, -0.05) is 19.8 Å². The van der Waals surface area contributed by atoms with Crippen LogP contribution in [-0.2, 0) is 0 Å². The van der Waals surface area contributed by atoms with Crippen LogP contribution in [0.25, 0.3) is 0 Å². The third-order valence-electron chi connectivity index (χ3n) is 1.22. The molecule has 0 spiro atoms. The number of halogens is 1. The molecule has 1 unspecified atom stereocenters. The van der Waals surface area contributed by atoms with Gasteiger partial charge in [-0.2, -0.15) is 0 Å². The van der Waals surface area contributed by atoms with Crippen molar-refractivity contribution in [3.63, 3.8) is 0 Å². The van der Waals surface area contributed by atoms with Crippen LogP contribution >= 0.6 is 17.0 Å². The van der Waals surface area contributed by atoms with Gasteiger partial charge in [-0.05, 0) is 19.9 Å². The first kappa shape index (κ1) is 13.0. The van der Waals surface area contributed by atoms with Crippen LogP contribution in [0, 0.1) is 0 Å². The molecule has 3 heteroatoms. The lowest BCUT2D eigenvalue weighted by Crippen LogP contribution is -2.26. The van der Waals surface area contributed by atoms with Gasteiger partial charge in [0.1, 0.15) is 6.23 Å². The van der Waals surface area contributed by atoms with Crippen LogP contribution in [0.3, 0.4) is 0 Å². The van der Waals surface area contributed by atoms with E-state index in [-0.39, 0.29) is 23.2 Å². The summed E-state index contributed by atoms with van der Waals surface area (Å²) in [5.74, 6) is 0. The molecular formula is C7H18BrNO. The molecule has 0 aromatic heterocycles. The van der Waals surface area contributed by atoms with Crippen LogP contribution < -0.4 is 5.32 Å². The molecule has 0 saturated carbocycles. The summed E-state index contributed by atoms with van der Waals surface area (Å²) < 4.78 is 0. The summed E-state index contributed by atoms with van der Waals surface area (Å²) in [6.45, 7) is 4.85. The quantitative estimate of drug-likeness (QED) is 0.536. The Morgan fingerprint density at radius 1 is 1.40 bits per heavy atom. The van der Waals surface area contributed by atoms with E-state index in [1.54, 1.807) is 6.92 Å².